The van der Waals surface area contributed by atoms with Gasteiger partial charge in [0.25, 0.3) is 0 Å². The Kier molecular flexibility index (Phi) is 6.42. The number of hydrogen-bond acceptors (Lipinski definition) is 5. The predicted molar refractivity (Wildman–Crippen MR) is 202 cm³/mol. The minimum absolute atomic E-state index is 0.564. The van der Waals surface area contributed by atoms with Crippen LogP contribution in [0.3, 0.4) is 0 Å². The number of aromatic nitrogens is 3. The van der Waals surface area contributed by atoms with Gasteiger partial charge in [-0.2, -0.15) is 0 Å². The lowest BCUT2D eigenvalue weighted by atomic mass is 10.0. The smallest absolute Gasteiger partial charge is 0.164 e. The molecule has 50 heavy (non-hydrogen) atoms. The highest BCUT2D eigenvalue weighted by molar-refractivity contribution is 6.07. The Bertz CT molecular complexity index is 2850. The summed E-state index contributed by atoms with van der Waals surface area (Å²) in [5, 5.41) is 4.26. The third-order valence-corrected chi connectivity index (χ3v) is 9.36. The topological polar surface area (TPSA) is 65.0 Å². The molecular formula is C45H27N3O2. The monoisotopic (exact) mass is 641 g/mol. The summed E-state index contributed by atoms with van der Waals surface area (Å²) >= 11 is 0. The molecule has 10 rings (SSSR count). The standard InChI is InChI=1S/C45H27N3O2/c1-3-9-28(10-4-1)30-15-17-31(18-16-30)43-46-44(33-20-23-36-35-13-7-8-14-39(35)49-41(36)26-33)48-45(47-43)34-21-24-38-37-22-19-32(29-11-5-2-6-12-29)25-40(37)50-42(38)27-34/h1-27H. The zero-order chi connectivity index (χ0) is 33.0. The molecule has 5 heteroatoms. The Balaban J connectivity index is 1.11. The third-order valence-electron chi connectivity index (χ3n) is 9.36. The lowest BCUT2D eigenvalue weighted by Gasteiger charge is -2.09. The first kappa shape index (κ1) is 28.2. The van der Waals surface area contributed by atoms with Crippen molar-refractivity contribution in [3.05, 3.63) is 164 Å². The molecule has 0 aliphatic heterocycles. The van der Waals surface area contributed by atoms with Crippen LogP contribution >= 0.6 is 0 Å². The molecule has 5 nitrogen and oxygen atoms in total. The van der Waals surface area contributed by atoms with Gasteiger partial charge in [-0.25, -0.2) is 15.0 Å². The summed E-state index contributed by atoms with van der Waals surface area (Å²) in [5.74, 6) is 1.72. The predicted octanol–water partition coefficient (Wildman–Crippen LogP) is 12.0. The number of rotatable bonds is 5. The van der Waals surface area contributed by atoms with E-state index in [1.54, 1.807) is 0 Å². The van der Waals surface area contributed by atoms with Gasteiger partial charge in [0.1, 0.15) is 22.3 Å². The van der Waals surface area contributed by atoms with Gasteiger partial charge in [-0.05, 0) is 64.7 Å². The van der Waals surface area contributed by atoms with Gasteiger partial charge in [0.15, 0.2) is 17.5 Å². The lowest BCUT2D eigenvalue weighted by Crippen LogP contribution is -2.00. The highest BCUT2D eigenvalue weighted by Crippen LogP contribution is 2.36. The van der Waals surface area contributed by atoms with Crippen molar-refractivity contribution >= 4 is 43.9 Å². The fourth-order valence-electron chi connectivity index (χ4n) is 6.80. The first-order valence-corrected chi connectivity index (χ1v) is 16.6. The molecule has 0 saturated heterocycles. The zero-order valence-corrected chi connectivity index (χ0v) is 26.7. The minimum atomic E-state index is 0.564. The summed E-state index contributed by atoms with van der Waals surface area (Å²) < 4.78 is 12.7. The van der Waals surface area contributed by atoms with E-state index in [0.29, 0.717) is 17.5 Å². The van der Waals surface area contributed by atoms with E-state index in [2.05, 4.69) is 97.1 Å². The molecule has 0 spiro atoms. The van der Waals surface area contributed by atoms with Gasteiger partial charge in [0, 0.05) is 38.2 Å². The summed E-state index contributed by atoms with van der Waals surface area (Å²) in [4.78, 5) is 15.1. The average molecular weight is 642 g/mol. The molecule has 0 aliphatic carbocycles. The molecule has 0 N–H and O–H groups in total. The Labute approximate surface area is 287 Å². The van der Waals surface area contributed by atoms with E-state index in [9.17, 15) is 0 Å². The molecular weight excluding hydrogens is 615 g/mol. The highest BCUT2D eigenvalue weighted by atomic mass is 16.3. The maximum atomic E-state index is 6.46. The van der Waals surface area contributed by atoms with E-state index >= 15 is 0 Å². The van der Waals surface area contributed by atoms with Gasteiger partial charge >= 0.3 is 0 Å². The second-order valence-electron chi connectivity index (χ2n) is 12.4. The van der Waals surface area contributed by atoms with Crippen LogP contribution in [0, 0.1) is 0 Å². The maximum Gasteiger partial charge on any atom is 0.164 e. The van der Waals surface area contributed by atoms with E-state index in [1.807, 2.05) is 66.7 Å². The molecule has 234 valence electrons. The summed E-state index contributed by atoms with van der Waals surface area (Å²) in [7, 11) is 0. The number of fused-ring (bicyclic) bond motifs is 6. The van der Waals surface area contributed by atoms with E-state index in [0.717, 1.165) is 82.8 Å². The molecule has 7 aromatic carbocycles. The second kappa shape index (κ2) is 11.4. The van der Waals surface area contributed by atoms with Gasteiger partial charge in [-0.3, -0.25) is 0 Å². The highest BCUT2D eigenvalue weighted by Gasteiger charge is 2.17. The molecule has 0 atom stereocenters. The van der Waals surface area contributed by atoms with Gasteiger partial charge in [-0.15, -0.1) is 0 Å². The van der Waals surface area contributed by atoms with Gasteiger partial charge in [-0.1, -0.05) is 121 Å². The number of nitrogens with zero attached hydrogens (tertiary/aromatic N) is 3. The summed E-state index contributed by atoms with van der Waals surface area (Å²) in [6.07, 6.45) is 0. The van der Waals surface area contributed by atoms with Crippen molar-refractivity contribution in [3.8, 4) is 56.4 Å². The number of furan rings is 2. The average Bonchev–Trinajstić information content (AvgIpc) is 3.75. The fourth-order valence-corrected chi connectivity index (χ4v) is 6.80. The number of para-hydroxylation sites is 1. The van der Waals surface area contributed by atoms with Crippen LogP contribution in [0.4, 0.5) is 0 Å². The Morgan fingerprint density at radius 2 is 0.620 bits per heavy atom. The van der Waals surface area contributed by atoms with E-state index < -0.39 is 0 Å². The van der Waals surface area contributed by atoms with E-state index in [1.165, 1.54) is 0 Å². The normalized spacial score (nSPS) is 11.6. The van der Waals surface area contributed by atoms with Crippen molar-refractivity contribution in [2.45, 2.75) is 0 Å². The van der Waals surface area contributed by atoms with Crippen molar-refractivity contribution in [2.75, 3.05) is 0 Å². The van der Waals surface area contributed by atoms with Crippen LogP contribution in [-0.2, 0) is 0 Å². The van der Waals surface area contributed by atoms with Crippen LogP contribution in [0.5, 0.6) is 0 Å². The summed E-state index contributed by atoms with van der Waals surface area (Å²) in [6, 6.07) is 55.9. The van der Waals surface area contributed by atoms with Crippen LogP contribution in [0.2, 0.25) is 0 Å². The molecule has 0 radical (unpaired) electrons. The van der Waals surface area contributed by atoms with Crippen molar-refractivity contribution in [2.24, 2.45) is 0 Å². The molecule has 0 unspecified atom stereocenters. The molecule has 0 saturated carbocycles. The number of hydrogen-bond donors (Lipinski definition) is 0. The van der Waals surface area contributed by atoms with Gasteiger partial charge in [0.05, 0.1) is 0 Å². The molecule has 0 bridgehead atoms. The Hall–Kier alpha value is -6.85. The first-order chi connectivity index (χ1) is 24.7. The summed E-state index contributed by atoms with van der Waals surface area (Å²) in [5.41, 5.74) is 10.4. The largest absolute Gasteiger partial charge is 0.456 e. The minimum Gasteiger partial charge on any atom is -0.456 e. The quantitative estimate of drug-likeness (QED) is 0.187. The van der Waals surface area contributed by atoms with Crippen LogP contribution < -0.4 is 0 Å². The van der Waals surface area contributed by atoms with Crippen molar-refractivity contribution in [3.63, 3.8) is 0 Å². The van der Waals surface area contributed by atoms with Crippen LogP contribution in [-0.4, -0.2) is 15.0 Å². The Morgan fingerprint density at radius 1 is 0.260 bits per heavy atom. The summed E-state index contributed by atoms with van der Waals surface area (Å²) in [6.45, 7) is 0. The van der Waals surface area contributed by atoms with Crippen molar-refractivity contribution < 1.29 is 8.83 Å². The molecule has 10 aromatic rings. The van der Waals surface area contributed by atoms with E-state index in [4.69, 9.17) is 23.8 Å². The van der Waals surface area contributed by atoms with Gasteiger partial charge in [0.2, 0.25) is 0 Å². The molecule has 0 aliphatic rings. The van der Waals surface area contributed by atoms with Crippen molar-refractivity contribution in [1.29, 1.82) is 0 Å². The molecule has 0 fully saturated rings. The SMILES string of the molecule is c1ccc(-c2ccc(-c3nc(-c4ccc5c(c4)oc4ccccc45)nc(-c4ccc5c(c4)oc4cc(-c6ccccc6)ccc45)n3)cc2)cc1. The second-order valence-corrected chi connectivity index (χ2v) is 12.4. The zero-order valence-electron chi connectivity index (χ0n) is 26.7. The van der Waals surface area contributed by atoms with Crippen LogP contribution in [0.15, 0.2) is 173 Å². The van der Waals surface area contributed by atoms with Crippen molar-refractivity contribution in [1.82, 2.24) is 15.0 Å². The molecule has 3 heterocycles. The van der Waals surface area contributed by atoms with Crippen LogP contribution in [0.25, 0.3) is 100 Å². The lowest BCUT2D eigenvalue weighted by molar-refractivity contribution is 0.669. The first-order valence-electron chi connectivity index (χ1n) is 16.6. The van der Waals surface area contributed by atoms with Gasteiger partial charge < -0.3 is 8.83 Å². The maximum absolute atomic E-state index is 6.46. The Morgan fingerprint density at radius 3 is 1.20 bits per heavy atom. The number of benzene rings is 7. The fraction of sp³-hybridized carbons (Fsp3) is 0. The third kappa shape index (κ3) is 4.83. The molecule has 0 amide bonds. The molecule has 3 aromatic heterocycles. The van der Waals surface area contributed by atoms with Crippen LogP contribution in [0.1, 0.15) is 0 Å². The van der Waals surface area contributed by atoms with E-state index in [-0.39, 0.29) is 0 Å².